The lowest BCUT2D eigenvalue weighted by Crippen LogP contribution is -2.52. The van der Waals surface area contributed by atoms with Gasteiger partial charge in [-0.3, -0.25) is 0 Å². The Morgan fingerprint density at radius 2 is 1.24 bits per heavy atom. The molecule has 3 saturated heterocycles. The number of halogens is 1. The number of hydrogen-bond donors (Lipinski definition) is 3. The number of aromatic nitrogens is 4. The molecule has 5 aliphatic rings. The van der Waals surface area contributed by atoms with Gasteiger partial charge in [-0.2, -0.15) is 19.1 Å². The largest absolute Gasteiger partial charge is 0.389 e. The number of nitrogens with zero attached hydrogens (tertiary/aromatic N) is 7. The van der Waals surface area contributed by atoms with E-state index in [4.69, 9.17) is 31.0 Å². The second kappa shape index (κ2) is 15.7. The van der Waals surface area contributed by atoms with Crippen LogP contribution in [-0.2, 0) is 44.7 Å². The molecule has 3 N–H and O–H groups in total. The second-order valence-electron chi connectivity index (χ2n) is 12.5. The molecule has 0 aromatic carbocycles. The average molecular weight is 698 g/mol. The molecule has 3 fully saturated rings. The van der Waals surface area contributed by atoms with Gasteiger partial charge in [-0.15, -0.1) is 0 Å². The Morgan fingerprint density at radius 3 is 1.72 bits per heavy atom. The Morgan fingerprint density at radius 1 is 0.761 bits per heavy atom. The molecule has 7 heterocycles. The maximum atomic E-state index is 10.6. The summed E-state index contributed by atoms with van der Waals surface area (Å²) in [5.74, 6) is 3.95. The smallest absolute Gasteiger partial charge is 0.253 e. The molecule has 0 amide bonds. The van der Waals surface area contributed by atoms with Gasteiger partial charge in [0, 0.05) is 77.5 Å². The molecule has 254 valence electrons. The van der Waals surface area contributed by atoms with E-state index < -0.39 is 22.4 Å². The van der Waals surface area contributed by atoms with Crippen molar-refractivity contribution in [1.29, 1.82) is 0 Å². The molecule has 2 aromatic rings. The topological polar surface area (TPSA) is 140 Å². The maximum absolute atomic E-state index is 10.6. The van der Waals surface area contributed by atoms with E-state index >= 15 is 0 Å². The molecule has 46 heavy (non-hydrogen) atoms. The Bertz CT molecular complexity index is 1330. The number of ether oxygens (including phenoxy) is 2. The van der Waals surface area contributed by atoms with E-state index in [-0.39, 0.29) is 11.4 Å². The molecule has 0 spiro atoms. The Balaban J connectivity index is 0.000000164. The van der Waals surface area contributed by atoms with Gasteiger partial charge in [0.05, 0.1) is 6.10 Å². The van der Waals surface area contributed by atoms with Gasteiger partial charge < -0.3 is 29.3 Å². The summed E-state index contributed by atoms with van der Waals surface area (Å²) in [6, 6.07) is 0.812. The first-order valence-corrected chi connectivity index (χ1v) is 19.8. The van der Waals surface area contributed by atoms with E-state index in [1.165, 1.54) is 0 Å². The summed E-state index contributed by atoms with van der Waals surface area (Å²) in [7, 11) is 0. The zero-order chi connectivity index (χ0) is 32.2. The standard InChI is InChI=1S/C17H27N4O3S.C14H21ClN3O2S/c1-2-6-21(12-3-7-24-8-4-12)16-15-14(5-9-25(15)23)18-17(19-16)20-10-13(22)11-20;1-2-6-18(10-3-7-20-8-4-10)13-12-11(5-9-21(12)19)16-14(15)17-13/h12-13,22-23H,2-11H2,1H3;10,19H,2-9H2,1H3/q2*+1. The first-order chi connectivity index (χ1) is 22.4. The molecule has 2 unspecified atom stereocenters. The van der Waals surface area contributed by atoms with Crippen molar-refractivity contribution in [3.05, 3.63) is 16.7 Å². The fourth-order valence-electron chi connectivity index (χ4n) is 6.89. The van der Waals surface area contributed by atoms with Crippen LogP contribution in [0.1, 0.15) is 63.8 Å². The first-order valence-electron chi connectivity index (χ1n) is 16.8. The summed E-state index contributed by atoms with van der Waals surface area (Å²) in [6.45, 7) is 10.5. The third-order valence-corrected chi connectivity index (χ3v) is 12.3. The van der Waals surface area contributed by atoms with Crippen molar-refractivity contribution >= 4 is 51.5 Å². The average Bonchev–Trinajstić information content (AvgIpc) is 3.63. The lowest BCUT2D eigenvalue weighted by atomic mass is 10.1. The molecular weight excluding hydrogens is 650 g/mol. The fraction of sp³-hybridized carbons (Fsp3) is 0.742. The number of rotatable bonds is 9. The van der Waals surface area contributed by atoms with Gasteiger partial charge in [-0.25, -0.2) is 9.97 Å². The van der Waals surface area contributed by atoms with E-state index in [1.54, 1.807) is 0 Å². The van der Waals surface area contributed by atoms with Gasteiger partial charge in [0.25, 0.3) is 9.79 Å². The highest BCUT2D eigenvalue weighted by Crippen LogP contribution is 2.38. The summed E-state index contributed by atoms with van der Waals surface area (Å²) in [5.41, 5.74) is 1.91. The van der Waals surface area contributed by atoms with Crippen LogP contribution in [0.25, 0.3) is 0 Å². The van der Waals surface area contributed by atoms with Crippen LogP contribution in [0.3, 0.4) is 0 Å². The van der Waals surface area contributed by atoms with E-state index in [2.05, 4.69) is 33.6 Å². The predicted octanol–water partition coefficient (Wildman–Crippen LogP) is 3.59. The third kappa shape index (κ3) is 7.49. The summed E-state index contributed by atoms with van der Waals surface area (Å²) < 4.78 is 31.9. The van der Waals surface area contributed by atoms with Crippen molar-refractivity contribution in [3.8, 4) is 0 Å². The number of aliphatic hydroxyl groups excluding tert-OH is 1. The van der Waals surface area contributed by atoms with Gasteiger partial charge in [0.15, 0.2) is 45.5 Å². The molecule has 5 aliphatic heterocycles. The minimum absolute atomic E-state index is 0.282. The van der Waals surface area contributed by atoms with Crippen molar-refractivity contribution in [2.75, 3.05) is 78.8 Å². The van der Waals surface area contributed by atoms with Gasteiger partial charge in [-0.05, 0) is 50.1 Å². The fourth-order valence-corrected chi connectivity index (χ4v) is 9.84. The third-order valence-electron chi connectivity index (χ3n) is 9.21. The first kappa shape index (κ1) is 34.2. The molecule has 2 aromatic heterocycles. The van der Waals surface area contributed by atoms with Crippen LogP contribution in [-0.4, -0.2) is 116 Å². The molecule has 0 bridgehead atoms. The van der Waals surface area contributed by atoms with Gasteiger partial charge in [0.1, 0.15) is 11.4 Å². The van der Waals surface area contributed by atoms with E-state index in [0.717, 1.165) is 135 Å². The van der Waals surface area contributed by atoms with Crippen LogP contribution < -0.4 is 14.7 Å². The lowest BCUT2D eigenvalue weighted by molar-refractivity contribution is 0.0840. The van der Waals surface area contributed by atoms with Crippen molar-refractivity contribution in [3.63, 3.8) is 0 Å². The SMILES string of the molecule is CCCN(c1nc(Cl)nc2c1[S+](O)CC2)C1CCOCC1.CCCN(c1nc(N2CC(O)C2)nc2c1[S+](O)CC2)C1CCOCC1. The Kier molecular flexibility index (Phi) is 11.7. The zero-order valence-corrected chi connectivity index (χ0v) is 29.3. The van der Waals surface area contributed by atoms with Gasteiger partial charge in [0.2, 0.25) is 11.2 Å². The minimum atomic E-state index is -0.766. The molecule has 0 saturated carbocycles. The Hall–Kier alpha value is -1.65. The number of fused-ring (bicyclic) bond motifs is 2. The van der Waals surface area contributed by atoms with Crippen LogP contribution >= 0.6 is 11.6 Å². The predicted molar refractivity (Wildman–Crippen MR) is 184 cm³/mol. The Labute approximate surface area is 283 Å². The van der Waals surface area contributed by atoms with Gasteiger partial charge in [-0.1, -0.05) is 13.8 Å². The maximum Gasteiger partial charge on any atom is 0.253 e. The second-order valence-corrected chi connectivity index (χ2v) is 15.9. The zero-order valence-electron chi connectivity index (χ0n) is 26.9. The lowest BCUT2D eigenvalue weighted by Gasteiger charge is -2.38. The molecular formula is C31H48ClN7O5S2+2. The highest BCUT2D eigenvalue weighted by Gasteiger charge is 2.43. The minimum Gasteiger partial charge on any atom is -0.389 e. The summed E-state index contributed by atoms with van der Waals surface area (Å²) in [5, 5.41) is 9.91. The molecule has 12 nitrogen and oxygen atoms in total. The highest BCUT2D eigenvalue weighted by atomic mass is 35.5. The number of aliphatic hydroxyl groups is 1. The van der Waals surface area contributed by atoms with E-state index in [0.29, 0.717) is 31.1 Å². The normalized spacial score (nSPS) is 23.4. The van der Waals surface area contributed by atoms with Crippen LogP contribution in [0.15, 0.2) is 9.79 Å². The molecule has 0 aliphatic carbocycles. The van der Waals surface area contributed by atoms with Crippen LogP contribution in [0.5, 0.6) is 0 Å². The molecule has 2 atom stereocenters. The molecule has 15 heteroatoms. The molecule has 7 rings (SSSR count). The van der Waals surface area contributed by atoms with Gasteiger partial charge >= 0.3 is 0 Å². The van der Waals surface area contributed by atoms with E-state index in [9.17, 15) is 14.2 Å². The number of hydrogen-bond acceptors (Lipinski definition) is 12. The highest BCUT2D eigenvalue weighted by molar-refractivity contribution is 7.92. The molecule has 0 radical (unpaired) electrons. The van der Waals surface area contributed by atoms with Crippen molar-refractivity contribution in [2.45, 2.75) is 93.2 Å². The number of β-amino-alcohol motifs (C(OH)–C–C–N with tert-alkyl or cyclic N) is 1. The van der Waals surface area contributed by atoms with E-state index in [1.807, 2.05) is 4.90 Å². The number of anilines is 3. The van der Waals surface area contributed by atoms with Crippen molar-refractivity contribution in [2.24, 2.45) is 0 Å². The summed E-state index contributed by atoms with van der Waals surface area (Å²) >= 11 is 4.59. The monoisotopic (exact) mass is 697 g/mol. The van der Waals surface area contributed by atoms with Crippen LogP contribution in [0, 0.1) is 0 Å². The van der Waals surface area contributed by atoms with Crippen molar-refractivity contribution in [1.82, 2.24) is 19.9 Å². The van der Waals surface area contributed by atoms with Crippen LogP contribution in [0.4, 0.5) is 17.6 Å². The summed E-state index contributed by atoms with van der Waals surface area (Å²) in [4.78, 5) is 27.0. The summed E-state index contributed by atoms with van der Waals surface area (Å²) in [6.07, 6.45) is 7.37. The van der Waals surface area contributed by atoms with Crippen molar-refractivity contribution < 1.29 is 23.7 Å². The quantitative estimate of drug-likeness (QED) is 0.261. The number of aryl methyl sites for hydroxylation is 2. The van der Waals surface area contributed by atoms with Crippen LogP contribution in [0.2, 0.25) is 5.28 Å².